The normalized spacial score (nSPS) is 15.8. The average Bonchev–Trinajstić information content (AvgIpc) is 2.65. The van der Waals surface area contributed by atoms with E-state index in [9.17, 15) is 4.79 Å². The summed E-state index contributed by atoms with van der Waals surface area (Å²) < 4.78 is 5.97. The van der Waals surface area contributed by atoms with Crippen molar-refractivity contribution in [3.05, 3.63) is 53.5 Å². The number of urea groups is 1. The monoisotopic (exact) mass is 369 g/mol. The average molecular weight is 370 g/mol. The molecule has 1 aromatic heterocycles. The maximum absolute atomic E-state index is 12.2. The molecule has 0 saturated carbocycles. The summed E-state index contributed by atoms with van der Waals surface area (Å²) in [6.45, 7) is 0. The first-order chi connectivity index (χ1) is 12.6. The van der Waals surface area contributed by atoms with Gasteiger partial charge in [0.1, 0.15) is 17.9 Å². The first kappa shape index (κ1) is 17.7. The van der Waals surface area contributed by atoms with E-state index in [1.165, 1.54) is 12.4 Å². The van der Waals surface area contributed by atoms with Crippen molar-refractivity contribution in [2.24, 2.45) is 0 Å². The molecule has 132 valence electrons. The topological polar surface area (TPSA) is 99.9 Å². The minimum Gasteiger partial charge on any atom is -0.484 e. The number of amides is 2. The molecule has 0 saturated heterocycles. The SMILES string of the molecule is N#Cc1cnc(NC(=O)Nc2cc(Cl)ccc2OC2C=CCCC2)cn1. The molecule has 1 aliphatic carbocycles. The Morgan fingerprint density at radius 1 is 1.31 bits per heavy atom. The summed E-state index contributed by atoms with van der Waals surface area (Å²) in [5.41, 5.74) is 0.623. The van der Waals surface area contributed by atoms with E-state index in [1.54, 1.807) is 18.2 Å². The van der Waals surface area contributed by atoms with Gasteiger partial charge in [0, 0.05) is 5.02 Å². The quantitative estimate of drug-likeness (QED) is 0.789. The molecule has 1 aliphatic rings. The van der Waals surface area contributed by atoms with Crippen LogP contribution in [0.1, 0.15) is 25.0 Å². The second-order valence-electron chi connectivity index (χ2n) is 5.63. The third-order valence-electron chi connectivity index (χ3n) is 3.69. The lowest BCUT2D eigenvalue weighted by Crippen LogP contribution is -2.22. The van der Waals surface area contributed by atoms with E-state index in [4.69, 9.17) is 21.6 Å². The molecular formula is C18H16ClN5O2. The predicted octanol–water partition coefficient (Wildman–Crippen LogP) is 4.13. The Morgan fingerprint density at radius 2 is 2.19 bits per heavy atom. The molecule has 1 aromatic carbocycles. The highest BCUT2D eigenvalue weighted by Gasteiger charge is 2.15. The molecular weight excluding hydrogens is 354 g/mol. The van der Waals surface area contributed by atoms with Gasteiger partial charge in [0.2, 0.25) is 0 Å². The van der Waals surface area contributed by atoms with Crippen LogP contribution in [0.25, 0.3) is 0 Å². The molecule has 2 N–H and O–H groups in total. The van der Waals surface area contributed by atoms with Gasteiger partial charge < -0.3 is 10.1 Å². The van der Waals surface area contributed by atoms with Crippen molar-refractivity contribution >= 4 is 29.1 Å². The first-order valence-corrected chi connectivity index (χ1v) is 8.45. The third-order valence-corrected chi connectivity index (χ3v) is 3.92. The van der Waals surface area contributed by atoms with Gasteiger partial charge in [-0.1, -0.05) is 17.7 Å². The van der Waals surface area contributed by atoms with Gasteiger partial charge in [0.25, 0.3) is 0 Å². The van der Waals surface area contributed by atoms with Crippen LogP contribution >= 0.6 is 11.6 Å². The number of allylic oxidation sites excluding steroid dienone is 1. The number of nitrogens with zero attached hydrogens (tertiary/aromatic N) is 3. The number of rotatable bonds is 4. The molecule has 2 aromatic rings. The highest BCUT2D eigenvalue weighted by atomic mass is 35.5. The number of ether oxygens (including phenoxy) is 1. The van der Waals surface area contributed by atoms with Crippen LogP contribution in [0.5, 0.6) is 5.75 Å². The van der Waals surface area contributed by atoms with Crippen LogP contribution in [0.15, 0.2) is 42.7 Å². The number of aromatic nitrogens is 2. The van der Waals surface area contributed by atoms with Crippen molar-refractivity contribution in [1.82, 2.24) is 9.97 Å². The molecule has 8 heteroatoms. The number of anilines is 2. The van der Waals surface area contributed by atoms with Crippen LogP contribution < -0.4 is 15.4 Å². The molecule has 0 fully saturated rings. The van der Waals surface area contributed by atoms with Crippen molar-refractivity contribution in [2.45, 2.75) is 25.4 Å². The molecule has 0 spiro atoms. The van der Waals surface area contributed by atoms with Crippen LogP contribution in [-0.4, -0.2) is 22.1 Å². The zero-order valence-corrected chi connectivity index (χ0v) is 14.5. The Morgan fingerprint density at radius 3 is 2.88 bits per heavy atom. The largest absolute Gasteiger partial charge is 0.484 e. The van der Waals surface area contributed by atoms with Gasteiger partial charge in [-0.3, -0.25) is 5.32 Å². The number of halogens is 1. The molecule has 0 bridgehead atoms. The molecule has 0 aliphatic heterocycles. The highest BCUT2D eigenvalue weighted by Crippen LogP contribution is 2.30. The van der Waals surface area contributed by atoms with E-state index in [0.29, 0.717) is 16.5 Å². The van der Waals surface area contributed by atoms with Crippen molar-refractivity contribution in [3.63, 3.8) is 0 Å². The van der Waals surface area contributed by atoms with Crippen molar-refractivity contribution in [3.8, 4) is 11.8 Å². The van der Waals surface area contributed by atoms with Crippen LogP contribution in [0.2, 0.25) is 5.02 Å². The van der Waals surface area contributed by atoms with E-state index in [1.807, 2.05) is 12.1 Å². The second kappa shape index (κ2) is 8.32. The van der Waals surface area contributed by atoms with Gasteiger partial charge in [-0.15, -0.1) is 0 Å². The Hall–Kier alpha value is -3.11. The van der Waals surface area contributed by atoms with Crippen molar-refractivity contribution in [2.75, 3.05) is 10.6 Å². The molecule has 1 heterocycles. The molecule has 26 heavy (non-hydrogen) atoms. The Balaban J connectivity index is 1.70. The summed E-state index contributed by atoms with van der Waals surface area (Å²) >= 11 is 6.04. The highest BCUT2D eigenvalue weighted by molar-refractivity contribution is 6.31. The van der Waals surface area contributed by atoms with E-state index in [2.05, 4.69) is 26.7 Å². The molecule has 2 amide bonds. The van der Waals surface area contributed by atoms with Crippen molar-refractivity contribution in [1.29, 1.82) is 5.26 Å². The van der Waals surface area contributed by atoms with Gasteiger partial charge in [0.15, 0.2) is 11.5 Å². The van der Waals surface area contributed by atoms with Crippen LogP contribution in [0.3, 0.4) is 0 Å². The number of benzene rings is 1. The summed E-state index contributed by atoms with van der Waals surface area (Å²) in [7, 11) is 0. The zero-order valence-electron chi connectivity index (χ0n) is 13.8. The van der Waals surface area contributed by atoms with Gasteiger partial charge in [-0.25, -0.2) is 14.8 Å². The number of nitrogens with one attached hydrogen (secondary N) is 2. The summed E-state index contributed by atoms with van der Waals surface area (Å²) in [4.78, 5) is 20.0. The summed E-state index contributed by atoms with van der Waals surface area (Å²) in [6, 6.07) is 6.39. The molecule has 3 rings (SSSR count). The van der Waals surface area contributed by atoms with Gasteiger partial charge in [0.05, 0.1) is 18.1 Å². The van der Waals surface area contributed by atoms with Gasteiger partial charge in [-0.05, 0) is 43.5 Å². The van der Waals surface area contributed by atoms with Crippen LogP contribution in [-0.2, 0) is 0 Å². The third kappa shape index (κ3) is 4.71. The van der Waals surface area contributed by atoms with E-state index >= 15 is 0 Å². The fourth-order valence-corrected chi connectivity index (χ4v) is 2.64. The van der Waals surface area contributed by atoms with Crippen LogP contribution in [0, 0.1) is 11.3 Å². The lowest BCUT2D eigenvalue weighted by Gasteiger charge is -2.20. The fourth-order valence-electron chi connectivity index (χ4n) is 2.47. The Labute approximate surface area is 155 Å². The molecule has 1 unspecified atom stereocenters. The van der Waals surface area contributed by atoms with Gasteiger partial charge >= 0.3 is 6.03 Å². The number of carbonyl (C=O) groups excluding carboxylic acids is 1. The minimum atomic E-state index is -0.518. The minimum absolute atomic E-state index is 0.0297. The standard InChI is InChI=1S/C18H16ClN5O2/c19-12-6-7-16(26-14-4-2-1-3-5-14)15(8-12)23-18(25)24-17-11-21-13(9-20)10-22-17/h2,4,6-8,10-11,14H,1,3,5H2,(H2,22,23,24,25). The maximum Gasteiger partial charge on any atom is 0.325 e. The maximum atomic E-state index is 12.2. The summed E-state index contributed by atoms with van der Waals surface area (Å²) in [6.07, 6.45) is 9.71. The Bertz CT molecular complexity index is 861. The Kier molecular flexibility index (Phi) is 5.66. The smallest absolute Gasteiger partial charge is 0.325 e. The summed E-state index contributed by atoms with van der Waals surface area (Å²) in [5, 5.41) is 14.4. The molecule has 0 radical (unpaired) electrons. The summed E-state index contributed by atoms with van der Waals surface area (Å²) in [5.74, 6) is 0.758. The van der Waals surface area contributed by atoms with Gasteiger partial charge in [-0.2, -0.15) is 5.26 Å². The predicted molar refractivity (Wildman–Crippen MR) is 98.2 cm³/mol. The first-order valence-electron chi connectivity index (χ1n) is 8.07. The molecule has 1 atom stereocenters. The number of hydrogen-bond acceptors (Lipinski definition) is 5. The number of nitriles is 1. The van der Waals surface area contributed by atoms with Crippen LogP contribution in [0.4, 0.5) is 16.3 Å². The van der Waals surface area contributed by atoms with E-state index in [-0.39, 0.29) is 17.6 Å². The lowest BCUT2D eigenvalue weighted by atomic mass is 10.1. The van der Waals surface area contributed by atoms with E-state index < -0.39 is 6.03 Å². The fraction of sp³-hybridized carbons (Fsp3) is 0.222. The zero-order chi connectivity index (χ0) is 18.4. The molecule has 7 nitrogen and oxygen atoms in total. The van der Waals surface area contributed by atoms with Crippen molar-refractivity contribution < 1.29 is 9.53 Å². The lowest BCUT2D eigenvalue weighted by molar-refractivity contribution is 0.230. The number of hydrogen-bond donors (Lipinski definition) is 2. The van der Waals surface area contributed by atoms with E-state index in [0.717, 1.165) is 19.3 Å². The number of carbonyl (C=O) groups is 1. The second-order valence-corrected chi connectivity index (χ2v) is 6.07.